The summed E-state index contributed by atoms with van der Waals surface area (Å²) in [4.78, 5) is 15.6. The van der Waals surface area contributed by atoms with Crippen LogP contribution in [0.1, 0.15) is 39.0 Å². The average molecular weight is 307 g/mol. The van der Waals surface area contributed by atoms with Gasteiger partial charge in [0.25, 0.3) is 0 Å². The van der Waals surface area contributed by atoms with Gasteiger partial charge in [0.15, 0.2) is 0 Å². The smallest absolute Gasteiger partial charge is 0.223 e. The number of hydrogen-bond donors (Lipinski definition) is 0. The molecule has 0 aliphatic heterocycles. The van der Waals surface area contributed by atoms with Crippen molar-refractivity contribution in [2.75, 3.05) is 19.4 Å². The lowest BCUT2D eigenvalue weighted by Gasteiger charge is -2.27. The molecule has 0 atom stereocenters. The molecular weight excluding hydrogens is 282 g/mol. The number of carbonyl (C=O) groups is 1. The van der Waals surface area contributed by atoms with Crippen LogP contribution in [0.25, 0.3) is 0 Å². The van der Waals surface area contributed by atoms with E-state index < -0.39 is 0 Å². The monoisotopic (exact) mass is 307 g/mol. The molecule has 3 nitrogen and oxygen atoms in total. The highest BCUT2D eigenvalue weighted by Gasteiger charge is 2.24. The minimum absolute atomic E-state index is 0.311. The number of carbonyl (C=O) groups excluding carboxylic acids is 1. The number of nitrogens with zero attached hydrogens (tertiary/aromatic N) is 1. The van der Waals surface area contributed by atoms with Crippen molar-refractivity contribution in [2.24, 2.45) is 0 Å². The lowest BCUT2D eigenvalue weighted by Crippen LogP contribution is -2.38. The van der Waals surface area contributed by atoms with Gasteiger partial charge in [0, 0.05) is 29.7 Å². The fourth-order valence-corrected chi connectivity index (χ4v) is 3.77. The van der Waals surface area contributed by atoms with Crippen molar-refractivity contribution in [3.8, 4) is 5.75 Å². The fraction of sp³-hybridized carbons (Fsp3) is 0.588. The molecule has 0 spiro atoms. The summed E-state index contributed by atoms with van der Waals surface area (Å²) in [5.41, 5.74) is 0. The van der Waals surface area contributed by atoms with E-state index >= 15 is 0 Å². The number of methoxy groups -OCH3 is 1. The number of hydrogen-bond acceptors (Lipinski definition) is 3. The van der Waals surface area contributed by atoms with Crippen LogP contribution >= 0.6 is 11.8 Å². The van der Waals surface area contributed by atoms with E-state index in [1.54, 1.807) is 18.9 Å². The second-order valence-electron chi connectivity index (χ2n) is 5.39. The van der Waals surface area contributed by atoms with Crippen molar-refractivity contribution in [1.82, 2.24) is 4.90 Å². The van der Waals surface area contributed by atoms with Crippen LogP contribution in [-0.2, 0) is 4.79 Å². The lowest BCUT2D eigenvalue weighted by atomic mass is 10.2. The van der Waals surface area contributed by atoms with Gasteiger partial charge in [-0.25, -0.2) is 0 Å². The van der Waals surface area contributed by atoms with Crippen molar-refractivity contribution < 1.29 is 9.53 Å². The second kappa shape index (κ2) is 8.32. The number of amides is 1. The van der Waals surface area contributed by atoms with Gasteiger partial charge < -0.3 is 9.64 Å². The predicted octanol–water partition coefficient (Wildman–Crippen LogP) is 3.97. The highest BCUT2D eigenvalue weighted by molar-refractivity contribution is 7.99. The summed E-state index contributed by atoms with van der Waals surface area (Å²) in [6.07, 6.45) is 5.54. The van der Waals surface area contributed by atoms with Gasteiger partial charge in [-0.1, -0.05) is 12.8 Å². The van der Waals surface area contributed by atoms with Crippen LogP contribution in [0.5, 0.6) is 5.75 Å². The van der Waals surface area contributed by atoms with Crippen LogP contribution in [0.15, 0.2) is 29.2 Å². The van der Waals surface area contributed by atoms with Gasteiger partial charge in [-0.15, -0.1) is 11.8 Å². The van der Waals surface area contributed by atoms with Gasteiger partial charge >= 0.3 is 0 Å². The maximum Gasteiger partial charge on any atom is 0.223 e. The Morgan fingerprint density at radius 2 is 1.95 bits per heavy atom. The average Bonchev–Trinajstić information content (AvgIpc) is 3.03. The molecule has 1 aromatic carbocycles. The van der Waals surface area contributed by atoms with E-state index in [0.29, 0.717) is 18.4 Å². The van der Waals surface area contributed by atoms with E-state index in [2.05, 4.69) is 11.8 Å². The largest absolute Gasteiger partial charge is 0.497 e. The molecule has 1 aliphatic carbocycles. The third kappa shape index (κ3) is 4.67. The lowest BCUT2D eigenvalue weighted by molar-refractivity contribution is -0.132. The summed E-state index contributed by atoms with van der Waals surface area (Å²) in [7, 11) is 1.67. The third-order valence-electron chi connectivity index (χ3n) is 4.07. The number of benzene rings is 1. The van der Waals surface area contributed by atoms with Gasteiger partial charge in [-0.2, -0.15) is 0 Å². The standard InChI is InChI=1S/C17H25NO2S/c1-3-18(14-6-4-5-7-14)17(19)12-13-21-16-10-8-15(20-2)9-11-16/h8-11,14H,3-7,12-13H2,1-2H3. The van der Waals surface area contributed by atoms with Crippen LogP contribution in [0.3, 0.4) is 0 Å². The van der Waals surface area contributed by atoms with Gasteiger partial charge in [0.05, 0.1) is 7.11 Å². The molecule has 0 aromatic heterocycles. The fourth-order valence-electron chi connectivity index (χ4n) is 2.93. The topological polar surface area (TPSA) is 29.5 Å². The minimum Gasteiger partial charge on any atom is -0.497 e. The Kier molecular flexibility index (Phi) is 6.43. The van der Waals surface area contributed by atoms with E-state index in [9.17, 15) is 4.79 Å². The molecule has 1 aliphatic rings. The summed E-state index contributed by atoms with van der Waals surface area (Å²) in [5, 5.41) is 0. The van der Waals surface area contributed by atoms with Crippen molar-refractivity contribution >= 4 is 17.7 Å². The quantitative estimate of drug-likeness (QED) is 0.714. The molecule has 0 bridgehead atoms. The first kappa shape index (κ1) is 16.2. The van der Waals surface area contributed by atoms with Crippen molar-refractivity contribution in [3.63, 3.8) is 0 Å². The first-order chi connectivity index (χ1) is 10.2. The maximum atomic E-state index is 12.3. The van der Waals surface area contributed by atoms with E-state index in [1.165, 1.54) is 30.6 Å². The van der Waals surface area contributed by atoms with Crippen LogP contribution in [0.2, 0.25) is 0 Å². The molecule has 4 heteroatoms. The zero-order chi connectivity index (χ0) is 15.1. The Bertz CT molecular complexity index is 441. The summed E-state index contributed by atoms with van der Waals surface area (Å²) < 4.78 is 5.14. The Morgan fingerprint density at radius 1 is 1.29 bits per heavy atom. The highest BCUT2D eigenvalue weighted by Crippen LogP contribution is 2.25. The predicted molar refractivity (Wildman–Crippen MR) is 88.0 cm³/mol. The van der Waals surface area contributed by atoms with E-state index in [4.69, 9.17) is 4.74 Å². The normalized spacial score (nSPS) is 15.1. The van der Waals surface area contributed by atoms with E-state index in [0.717, 1.165) is 18.0 Å². The Hall–Kier alpha value is -1.16. The SMILES string of the molecule is CCN(C(=O)CCSc1ccc(OC)cc1)C1CCCC1. The molecular formula is C17H25NO2S. The van der Waals surface area contributed by atoms with E-state index in [-0.39, 0.29) is 0 Å². The molecule has 0 radical (unpaired) electrons. The highest BCUT2D eigenvalue weighted by atomic mass is 32.2. The minimum atomic E-state index is 0.311. The molecule has 1 fully saturated rings. The summed E-state index contributed by atoms with van der Waals surface area (Å²) in [6, 6.07) is 8.50. The van der Waals surface area contributed by atoms with Crippen LogP contribution in [-0.4, -0.2) is 36.3 Å². The Labute approximate surface area is 132 Å². The van der Waals surface area contributed by atoms with Crippen LogP contribution in [0, 0.1) is 0 Å². The molecule has 1 amide bonds. The molecule has 21 heavy (non-hydrogen) atoms. The van der Waals surface area contributed by atoms with Crippen LogP contribution < -0.4 is 4.74 Å². The Morgan fingerprint density at radius 3 is 2.52 bits per heavy atom. The summed E-state index contributed by atoms with van der Waals surface area (Å²) in [6.45, 7) is 2.93. The zero-order valence-corrected chi connectivity index (χ0v) is 13.8. The third-order valence-corrected chi connectivity index (χ3v) is 5.08. The molecule has 0 saturated heterocycles. The van der Waals surface area contributed by atoms with Gasteiger partial charge in [0.2, 0.25) is 5.91 Å². The van der Waals surface area contributed by atoms with Gasteiger partial charge in [0.1, 0.15) is 5.75 Å². The van der Waals surface area contributed by atoms with Gasteiger partial charge in [-0.3, -0.25) is 4.79 Å². The first-order valence-corrected chi connectivity index (χ1v) is 8.79. The molecule has 1 saturated carbocycles. The van der Waals surface area contributed by atoms with Crippen LogP contribution in [0.4, 0.5) is 0 Å². The number of thioether (sulfide) groups is 1. The second-order valence-corrected chi connectivity index (χ2v) is 6.56. The Balaban J connectivity index is 1.77. The molecule has 0 heterocycles. The van der Waals surface area contributed by atoms with Crippen molar-refractivity contribution in [1.29, 1.82) is 0 Å². The molecule has 0 unspecified atom stereocenters. The van der Waals surface area contributed by atoms with Gasteiger partial charge in [-0.05, 0) is 44.0 Å². The van der Waals surface area contributed by atoms with E-state index in [1.807, 2.05) is 24.3 Å². The number of rotatable bonds is 7. The molecule has 0 N–H and O–H groups in total. The van der Waals surface area contributed by atoms with Crippen molar-refractivity contribution in [2.45, 2.75) is 50.0 Å². The molecule has 2 rings (SSSR count). The molecule has 116 valence electrons. The van der Waals surface area contributed by atoms with Crippen molar-refractivity contribution in [3.05, 3.63) is 24.3 Å². The first-order valence-electron chi connectivity index (χ1n) is 7.81. The molecule has 1 aromatic rings. The maximum absolute atomic E-state index is 12.3. The zero-order valence-electron chi connectivity index (χ0n) is 13.0. The summed E-state index contributed by atoms with van der Waals surface area (Å²) >= 11 is 1.74. The summed E-state index contributed by atoms with van der Waals surface area (Å²) in [5.74, 6) is 2.02. The number of ether oxygens (including phenoxy) is 1.